The van der Waals surface area contributed by atoms with Crippen LogP contribution >= 0.6 is 0 Å². The van der Waals surface area contributed by atoms with E-state index in [1.165, 1.54) is 0 Å². The van der Waals surface area contributed by atoms with E-state index >= 15 is 0 Å². The number of amides is 1. The highest BCUT2D eigenvalue weighted by Crippen LogP contribution is 2.16. The van der Waals surface area contributed by atoms with Crippen molar-refractivity contribution < 1.29 is 14.3 Å². The maximum Gasteiger partial charge on any atom is 0.306 e. The lowest BCUT2D eigenvalue weighted by Crippen LogP contribution is -2.23. The van der Waals surface area contributed by atoms with Gasteiger partial charge in [-0.25, -0.2) is 9.50 Å². The zero-order valence-corrected chi connectivity index (χ0v) is 16.2. The van der Waals surface area contributed by atoms with Gasteiger partial charge in [0.1, 0.15) is 0 Å². The molecule has 28 heavy (non-hydrogen) atoms. The summed E-state index contributed by atoms with van der Waals surface area (Å²) in [7, 11) is 0. The third-order valence-electron chi connectivity index (χ3n) is 4.42. The molecule has 0 saturated carbocycles. The molecule has 8 nitrogen and oxygen atoms in total. The van der Waals surface area contributed by atoms with E-state index in [-0.39, 0.29) is 24.8 Å². The number of benzene rings is 1. The maximum atomic E-state index is 12.2. The van der Waals surface area contributed by atoms with Crippen LogP contribution in [0.1, 0.15) is 46.5 Å². The Kier molecular flexibility index (Phi) is 5.98. The lowest BCUT2D eigenvalue weighted by molar-refractivity contribution is -0.143. The SMILES string of the molecule is CCOC(=O)CCc1c(C)nc2nc(CNC(=O)c3ccccc3)nn2c1C. The molecule has 0 saturated heterocycles. The fraction of sp³-hybridized carbons (Fsp3) is 0.350. The highest BCUT2D eigenvalue weighted by Gasteiger charge is 2.15. The first kappa shape index (κ1) is 19.5. The Hall–Kier alpha value is -3.29. The molecule has 1 N–H and O–H groups in total. The summed E-state index contributed by atoms with van der Waals surface area (Å²) in [6, 6.07) is 8.98. The van der Waals surface area contributed by atoms with Gasteiger partial charge in [-0.05, 0) is 44.9 Å². The van der Waals surface area contributed by atoms with Gasteiger partial charge in [0.2, 0.25) is 0 Å². The minimum absolute atomic E-state index is 0.185. The first-order valence-electron chi connectivity index (χ1n) is 9.20. The third-order valence-corrected chi connectivity index (χ3v) is 4.42. The van der Waals surface area contributed by atoms with Crippen molar-refractivity contribution in [3.63, 3.8) is 0 Å². The van der Waals surface area contributed by atoms with Crippen molar-refractivity contribution in [1.29, 1.82) is 0 Å². The minimum Gasteiger partial charge on any atom is -0.466 e. The molecule has 146 valence electrons. The van der Waals surface area contributed by atoms with Crippen molar-refractivity contribution in [2.24, 2.45) is 0 Å². The molecule has 3 rings (SSSR count). The first-order valence-corrected chi connectivity index (χ1v) is 9.20. The van der Waals surface area contributed by atoms with Gasteiger partial charge in [0.15, 0.2) is 5.82 Å². The minimum atomic E-state index is -0.232. The monoisotopic (exact) mass is 381 g/mol. The second-order valence-electron chi connectivity index (χ2n) is 6.35. The van der Waals surface area contributed by atoms with Crippen molar-refractivity contribution in [2.45, 2.75) is 40.2 Å². The van der Waals surface area contributed by atoms with Crippen LogP contribution < -0.4 is 5.32 Å². The molecule has 2 aromatic heterocycles. The number of ether oxygens (including phenoxy) is 1. The van der Waals surface area contributed by atoms with Gasteiger partial charge >= 0.3 is 5.97 Å². The summed E-state index contributed by atoms with van der Waals surface area (Å²) < 4.78 is 6.64. The number of nitrogens with one attached hydrogen (secondary N) is 1. The number of nitrogens with zero attached hydrogens (tertiary/aromatic N) is 4. The van der Waals surface area contributed by atoms with Crippen molar-refractivity contribution in [2.75, 3.05) is 6.61 Å². The standard InChI is InChI=1S/C20H23N5O3/c1-4-28-18(26)11-10-16-13(2)22-20-23-17(24-25(20)14(16)3)12-21-19(27)15-8-6-5-7-9-15/h5-9H,4,10-12H2,1-3H3,(H,21,27). The van der Waals surface area contributed by atoms with E-state index in [9.17, 15) is 9.59 Å². The van der Waals surface area contributed by atoms with Crippen molar-refractivity contribution in [3.8, 4) is 0 Å². The van der Waals surface area contributed by atoms with Crippen LogP contribution in [0.15, 0.2) is 30.3 Å². The van der Waals surface area contributed by atoms with Gasteiger partial charge in [0.05, 0.1) is 13.2 Å². The summed E-state index contributed by atoms with van der Waals surface area (Å²) in [4.78, 5) is 32.7. The number of carbonyl (C=O) groups is 2. The Morgan fingerprint density at radius 2 is 1.89 bits per heavy atom. The van der Waals surface area contributed by atoms with Crippen molar-refractivity contribution >= 4 is 17.7 Å². The maximum absolute atomic E-state index is 12.2. The van der Waals surface area contributed by atoms with Crippen LogP contribution in [-0.4, -0.2) is 38.1 Å². The van der Waals surface area contributed by atoms with Crippen LogP contribution in [0, 0.1) is 13.8 Å². The van der Waals surface area contributed by atoms with Crippen LogP contribution in [0.4, 0.5) is 0 Å². The van der Waals surface area contributed by atoms with Crippen LogP contribution in [0.25, 0.3) is 5.78 Å². The Morgan fingerprint density at radius 3 is 2.61 bits per heavy atom. The summed E-state index contributed by atoms with van der Waals surface area (Å²) in [6.45, 7) is 6.17. The number of hydrogen-bond acceptors (Lipinski definition) is 6. The van der Waals surface area contributed by atoms with Crippen molar-refractivity contribution in [3.05, 3.63) is 58.7 Å². The number of aromatic nitrogens is 4. The predicted molar refractivity (Wildman–Crippen MR) is 103 cm³/mol. The van der Waals surface area contributed by atoms with Crippen LogP contribution in [0.5, 0.6) is 0 Å². The zero-order valence-electron chi connectivity index (χ0n) is 16.2. The number of hydrogen-bond donors (Lipinski definition) is 1. The summed E-state index contributed by atoms with van der Waals surface area (Å²) in [6.07, 6.45) is 0.816. The molecule has 0 unspecified atom stereocenters. The number of fused-ring (bicyclic) bond motifs is 1. The third kappa shape index (κ3) is 4.33. The van der Waals surface area contributed by atoms with E-state index in [1.807, 2.05) is 32.0 Å². The van der Waals surface area contributed by atoms with E-state index in [0.717, 1.165) is 17.0 Å². The number of rotatable bonds is 7. The highest BCUT2D eigenvalue weighted by molar-refractivity contribution is 5.94. The summed E-state index contributed by atoms with van der Waals surface area (Å²) in [5.41, 5.74) is 3.21. The van der Waals surface area contributed by atoms with E-state index in [4.69, 9.17) is 4.74 Å². The number of esters is 1. The average Bonchev–Trinajstić information content (AvgIpc) is 3.10. The van der Waals surface area contributed by atoms with Gasteiger partial charge in [0.25, 0.3) is 11.7 Å². The summed E-state index contributed by atoms with van der Waals surface area (Å²) in [5, 5.41) is 7.27. The first-order chi connectivity index (χ1) is 13.5. The molecule has 0 aliphatic rings. The molecule has 0 bridgehead atoms. The lowest BCUT2D eigenvalue weighted by Gasteiger charge is -2.09. The molecular formula is C20H23N5O3. The second kappa shape index (κ2) is 8.60. The predicted octanol–water partition coefficient (Wildman–Crippen LogP) is 2.17. The number of carbonyl (C=O) groups excluding carboxylic acids is 2. The molecule has 0 fully saturated rings. The van der Waals surface area contributed by atoms with Gasteiger partial charge in [-0.2, -0.15) is 4.98 Å². The lowest BCUT2D eigenvalue weighted by atomic mass is 10.1. The van der Waals surface area contributed by atoms with Gasteiger partial charge in [-0.15, -0.1) is 5.10 Å². The van der Waals surface area contributed by atoms with Gasteiger partial charge < -0.3 is 10.1 Å². The van der Waals surface area contributed by atoms with Gasteiger partial charge in [-0.3, -0.25) is 9.59 Å². The molecule has 3 aromatic rings. The zero-order chi connectivity index (χ0) is 20.1. The van der Waals surface area contributed by atoms with Gasteiger partial charge in [-0.1, -0.05) is 18.2 Å². The molecule has 0 aliphatic heterocycles. The average molecular weight is 381 g/mol. The fourth-order valence-electron chi connectivity index (χ4n) is 3.00. The van der Waals surface area contributed by atoms with Crippen LogP contribution in [0.2, 0.25) is 0 Å². The normalized spacial score (nSPS) is 10.8. The largest absolute Gasteiger partial charge is 0.466 e. The molecule has 1 aromatic carbocycles. The number of aryl methyl sites for hydroxylation is 2. The Morgan fingerprint density at radius 1 is 1.14 bits per heavy atom. The van der Waals surface area contributed by atoms with Crippen LogP contribution in [-0.2, 0) is 22.5 Å². The van der Waals surface area contributed by atoms with E-state index < -0.39 is 0 Å². The molecule has 0 aliphatic carbocycles. The summed E-state index contributed by atoms with van der Waals surface area (Å²) >= 11 is 0. The Labute approximate surface area is 163 Å². The fourth-order valence-corrected chi connectivity index (χ4v) is 3.00. The van der Waals surface area contributed by atoms with Gasteiger partial charge in [0, 0.05) is 23.4 Å². The Bertz CT molecular complexity index is 998. The van der Waals surface area contributed by atoms with Crippen molar-refractivity contribution in [1.82, 2.24) is 24.9 Å². The molecule has 0 atom stereocenters. The second-order valence-corrected chi connectivity index (χ2v) is 6.35. The molecule has 1 amide bonds. The summed E-state index contributed by atoms with van der Waals surface area (Å²) in [5.74, 6) is 0.528. The molecular weight excluding hydrogens is 358 g/mol. The highest BCUT2D eigenvalue weighted by atomic mass is 16.5. The molecule has 0 radical (unpaired) electrons. The smallest absolute Gasteiger partial charge is 0.306 e. The molecule has 0 spiro atoms. The Balaban J connectivity index is 1.75. The quantitative estimate of drug-likeness (QED) is 0.630. The molecule has 8 heteroatoms. The van der Waals surface area contributed by atoms with Crippen LogP contribution in [0.3, 0.4) is 0 Å². The van der Waals surface area contributed by atoms with E-state index in [1.54, 1.807) is 23.6 Å². The molecule has 2 heterocycles. The van der Waals surface area contributed by atoms with E-state index in [0.29, 0.717) is 30.2 Å². The topological polar surface area (TPSA) is 98.5 Å². The van der Waals surface area contributed by atoms with E-state index in [2.05, 4.69) is 20.4 Å².